The molecule has 1 fully saturated rings. The lowest BCUT2D eigenvalue weighted by Crippen LogP contribution is -2.47. The molecule has 1 amide bonds. The molecule has 0 unspecified atom stereocenters. The van der Waals surface area contributed by atoms with Crippen LogP contribution in [0.15, 0.2) is 24.3 Å². The number of hydrogen-bond acceptors (Lipinski definition) is 10. The molecule has 0 spiro atoms. The highest BCUT2D eigenvalue weighted by atomic mass is 16.7. The van der Waals surface area contributed by atoms with E-state index in [1.807, 2.05) is 24.3 Å². The van der Waals surface area contributed by atoms with E-state index < -0.39 is 56.3 Å². The van der Waals surface area contributed by atoms with Crippen LogP contribution in [-0.4, -0.2) is 137 Å². The largest absolute Gasteiger partial charge is 0.480 e. The molecular weight excluding hydrogens is 532 g/mol. The van der Waals surface area contributed by atoms with Crippen molar-refractivity contribution in [1.29, 1.82) is 0 Å². The molecule has 5 N–H and O–H groups in total. The number of carboxylic acid groups (broad SMARTS) is 4. The van der Waals surface area contributed by atoms with E-state index in [1.54, 1.807) is 4.90 Å². The average molecular weight is 569 g/mol. The standard InChI is InChI=1S/C25H36N4O11/c30-20(26-12-18-2-4-19(5-3-18)25-39-10-1-11-40-25)13-27(6-8-28(14-21(31)32)15-22(33)34)7-9-29(16-23(35)36)17-24(37)38/h2-5,25H,1,6-17H2,(H,26,30)(H,31,32)(H,33,34)(H,35,36)(H,37,38). The number of carbonyl (C=O) groups excluding carboxylic acids is 1. The van der Waals surface area contributed by atoms with Crippen LogP contribution < -0.4 is 5.32 Å². The fourth-order valence-corrected chi connectivity index (χ4v) is 3.96. The first-order valence-corrected chi connectivity index (χ1v) is 12.6. The van der Waals surface area contributed by atoms with Gasteiger partial charge >= 0.3 is 23.9 Å². The summed E-state index contributed by atoms with van der Waals surface area (Å²) in [5.41, 5.74) is 1.68. The predicted octanol–water partition coefficient (Wildman–Crippen LogP) is -1.02. The molecule has 2 rings (SSSR count). The van der Waals surface area contributed by atoms with Gasteiger partial charge in [-0.15, -0.1) is 0 Å². The molecule has 1 aliphatic rings. The second-order valence-electron chi connectivity index (χ2n) is 9.22. The summed E-state index contributed by atoms with van der Waals surface area (Å²) in [5, 5.41) is 39.1. The summed E-state index contributed by atoms with van der Waals surface area (Å²) in [5.74, 6) is -5.24. The van der Waals surface area contributed by atoms with Crippen molar-refractivity contribution in [1.82, 2.24) is 20.0 Å². The summed E-state index contributed by atoms with van der Waals surface area (Å²) in [7, 11) is 0. The Hall–Kier alpha value is -3.63. The summed E-state index contributed by atoms with van der Waals surface area (Å²) in [4.78, 5) is 61.2. The number of nitrogens with one attached hydrogen (secondary N) is 1. The number of nitrogens with zero attached hydrogens (tertiary/aromatic N) is 3. The monoisotopic (exact) mass is 568 g/mol. The minimum Gasteiger partial charge on any atom is -0.480 e. The quantitative estimate of drug-likeness (QED) is 0.135. The highest BCUT2D eigenvalue weighted by Gasteiger charge is 2.20. The van der Waals surface area contributed by atoms with Crippen LogP contribution >= 0.6 is 0 Å². The molecule has 0 saturated carbocycles. The molecule has 1 aliphatic heterocycles. The van der Waals surface area contributed by atoms with E-state index in [4.69, 9.17) is 29.9 Å². The Morgan fingerprint density at radius 2 is 1.10 bits per heavy atom. The lowest BCUT2D eigenvalue weighted by atomic mass is 10.1. The van der Waals surface area contributed by atoms with Gasteiger partial charge in [0.05, 0.1) is 45.9 Å². The molecule has 1 aromatic carbocycles. The molecule has 0 aromatic heterocycles. The molecule has 15 nitrogen and oxygen atoms in total. The minimum absolute atomic E-state index is 0.00346. The van der Waals surface area contributed by atoms with Crippen LogP contribution in [0.4, 0.5) is 0 Å². The van der Waals surface area contributed by atoms with Gasteiger partial charge in [-0.25, -0.2) is 0 Å². The molecule has 0 atom stereocenters. The van der Waals surface area contributed by atoms with Crippen LogP contribution in [0.3, 0.4) is 0 Å². The van der Waals surface area contributed by atoms with Crippen LogP contribution in [0.1, 0.15) is 23.8 Å². The molecule has 0 aliphatic carbocycles. The number of benzene rings is 1. The predicted molar refractivity (Wildman–Crippen MR) is 137 cm³/mol. The molecule has 0 bridgehead atoms. The Kier molecular flexibility index (Phi) is 14.0. The van der Waals surface area contributed by atoms with Crippen molar-refractivity contribution in [3.8, 4) is 0 Å². The van der Waals surface area contributed by atoms with Crippen molar-refractivity contribution in [2.75, 3.05) is 72.1 Å². The molecule has 15 heteroatoms. The van der Waals surface area contributed by atoms with Gasteiger partial charge in [0.15, 0.2) is 6.29 Å². The Labute approximate surface area is 230 Å². The highest BCUT2D eigenvalue weighted by Crippen LogP contribution is 2.22. The van der Waals surface area contributed by atoms with Crippen molar-refractivity contribution >= 4 is 29.8 Å². The van der Waals surface area contributed by atoms with Gasteiger partial charge in [-0.1, -0.05) is 24.3 Å². The van der Waals surface area contributed by atoms with Gasteiger partial charge in [0.2, 0.25) is 5.91 Å². The number of hydrogen-bond donors (Lipinski definition) is 5. The van der Waals surface area contributed by atoms with Crippen LogP contribution in [0.25, 0.3) is 0 Å². The number of ether oxygens (including phenoxy) is 2. The Balaban J connectivity index is 1.99. The van der Waals surface area contributed by atoms with Gasteiger partial charge in [-0.2, -0.15) is 0 Å². The third-order valence-corrected chi connectivity index (χ3v) is 5.84. The van der Waals surface area contributed by atoms with Gasteiger partial charge in [-0.05, 0) is 12.0 Å². The van der Waals surface area contributed by atoms with E-state index in [0.717, 1.165) is 17.5 Å². The summed E-state index contributed by atoms with van der Waals surface area (Å²) in [6, 6.07) is 7.37. The second kappa shape index (κ2) is 17.1. The first kappa shape index (κ1) is 32.6. The zero-order valence-electron chi connectivity index (χ0n) is 22.1. The van der Waals surface area contributed by atoms with E-state index in [9.17, 15) is 24.0 Å². The smallest absolute Gasteiger partial charge is 0.317 e. The van der Waals surface area contributed by atoms with E-state index in [-0.39, 0.29) is 45.2 Å². The second-order valence-corrected chi connectivity index (χ2v) is 9.22. The van der Waals surface area contributed by atoms with E-state index in [0.29, 0.717) is 13.2 Å². The summed E-state index contributed by atoms with van der Waals surface area (Å²) in [6.45, 7) is -0.651. The van der Waals surface area contributed by atoms with Gasteiger partial charge in [0.1, 0.15) is 0 Å². The topological polar surface area (TPSA) is 206 Å². The molecule has 1 heterocycles. The Morgan fingerprint density at radius 3 is 1.52 bits per heavy atom. The van der Waals surface area contributed by atoms with Crippen molar-refractivity contribution in [3.63, 3.8) is 0 Å². The van der Waals surface area contributed by atoms with Crippen LogP contribution in [0.2, 0.25) is 0 Å². The Bertz CT molecular complexity index is 927. The molecule has 40 heavy (non-hydrogen) atoms. The van der Waals surface area contributed by atoms with E-state index >= 15 is 0 Å². The summed E-state index contributed by atoms with van der Waals surface area (Å²) >= 11 is 0. The number of amides is 1. The van der Waals surface area contributed by atoms with Gasteiger partial charge < -0.3 is 35.2 Å². The van der Waals surface area contributed by atoms with E-state index in [1.165, 1.54) is 9.80 Å². The minimum atomic E-state index is -1.22. The van der Waals surface area contributed by atoms with Crippen molar-refractivity contribution < 1.29 is 53.9 Å². The maximum atomic E-state index is 12.7. The first-order valence-electron chi connectivity index (χ1n) is 12.6. The van der Waals surface area contributed by atoms with Crippen molar-refractivity contribution in [2.45, 2.75) is 19.3 Å². The van der Waals surface area contributed by atoms with Gasteiger partial charge in [0.25, 0.3) is 0 Å². The highest BCUT2D eigenvalue weighted by molar-refractivity contribution is 5.78. The normalized spacial score (nSPS) is 14.0. The summed E-state index contributed by atoms with van der Waals surface area (Å²) < 4.78 is 11.2. The number of rotatable bonds is 19. The third-order valence-electron chi connectivity index (χ3n) is 5.84. The van der Waals surface area contributed by atoms with Crippen LogP contribution in [-0.2, 0) is 40.0 Å². The number of aliphatic carboxylic acids is 4. The number of carboxylic acids is 4. The van der Waals surface area contributed by atoms with Gasteiger partial charge in [0, 0.05) is 38.3 Å². The first-order chi connectivity index (χ1) is 19.0. The van der Waals surface area contributed by atoms with Crippen LogP contribution in [0, 0.1) is 0 Å². The fourth-order valence-electron chi connectivity index (χ4n) is 3.96. The molecule has 1 aromatic rings. The SMILES string of the molecule is O=C(O)CN(CCN(CCN(CC(=O)O)CC(=O)O)CC(=O)NCc1ccc(C2OCCCO2)cc1)CC(=O)O. The molecule has 1 saturated heterocycles. The Morgan fingerprint density at radius 1 is 0.675 bits per heavy atom. The maximum Gasteiger partial charge on any atom is 0.317 e. The average Bonchev–Trinajstić information content (AvgIpc) is 2.88. The lowest BCUT2D eigenvalue weighted by molar-refractivity contribution is -0.183. The third kappa shape index (κ3) is 13.4. The number of carbonyl (C=O) groups is 5. The zero-order chi connectivity index (χ0) is 29.5. The lowest BCUT2D eigenvalue weighted by Gasteiger charge is -2.28. The molecule has 222 valence electrons. The molecular formula is C25H36N4O11. The fraction of sp³-hybridized carbons (Fsp3) is 0.560. The van der Waals surface area contributed by atoms with Crippen LogP contribution in [0.5, 0.6) is 0 Å². The van der Waals surface area contributed by atoms with Crippen molar-refractivity contribution in [2.24, 2.45) is 0 Å². The zero-order valence-corrected chi connectivity index (χ0v) is 22.1. The summed E-state index contributed by atoms with van der Waals surface area (Å²) in [6.07, 6.45) is 0.418. The molecule has 0 radical (unpaired) electrons. The van der Waals surface area contributed by atoms with Crippen molar-refractivity contribution in [3.05, 3.63) is 35.4 Å². The maximum absolute atomic E-state index is 12.7. The van der Waals surface area contributed by atoms with E-state index in [2.05, 4.69) is 5.32 Å². The van der Waals surface area contributed by atoms with Gasteiger partial charge in [-0.3, -0.25) is 38.7 Å².